The number of benzene rings is 1. The van der Waals surface area contributed by atoms with Crippen LogP contribution in [0.4, 0.5) is 0 Å². The molecule has 1 aromatic carbocycles. The molecule has 0 spiro atoms. The molecule has 0 unspecified atom stereocenters. The molecule has 1 N–H and O–H groups in total. The number of aromatic nitrogens is 2. The van der Waals surface area contributed by atoms with Crippen LogP contribution in [0.2, 0.25) is 0 Å². The molecule has 130 valence electrons. The molecular weight excluding hydrogens is 300 g/mol. The zero-order valence-corrected chi connectivity index (χ0v) is 14.9. The Balaban J connectivity index is 1.61. The van der Waals surface area contributed by atoms with E-state index >= 15 is 0 Å². The van der Waals surface area contributed by atoms with Gasteiger partial charge < -0.3 is 9.67 Å². The van der Waals surface area contributed by atoms with Gasteiger partial charge >= 0.3 is 0 Å². The molecule has 3 atom stereocenters. The average Bonchev–Trinajstić information content (AvgIpc) is 3.06. The summed E-state index contributed by atoms with van der Waals surface area (Å²) in [5.74, 6) is 1.16. The minimum atomic E-state index is -0.151. The van der Waals surface area contributed by atoms with Crippen LogP contribution in [0.3, 0.4) is 0 Å². The van der Waals surface area contributed by atoms with Crippen LogP contribution in [-0.4, -0.2) is 62.3 Å². The second-order valence-electron chi connectivity index (χ2n) is 7.76. The molecule has 5 heteroatoms. The van der Waals surface area contributed by atoms with Gasteiger partial charge in [-0.1, -0.05) is 12.1 Å². The highest BCUT2D eigenvalue weighted by Gasteiger charge is 2.38. The molecule has 0 saturated carbocycles. The first-order valence-corrected chi connectivity index (χ1v) is 9.15. The van der Waals surface area contributed by atoms with Crippen molar-refractivity contribution >= 4 is 11.0 Å². The van der Waals surface area contributed by atoms with E-state index < -0.39 is 0 Å². The molecule has 2 saturated heterocycles. The van der Waals surface area contributed by atoms with E-state index in [-0.39, 0.29) is 6.10 Å². The standard InChI is InChI=1S/C19H28N4O/c1-13(2)23-18-7-5-4-6-17(18)20-19(23)12-21-10-15-8-16(24)11-22(15)9-14(21)3/h4-7,13-16,24H,8-12H2,1-3H3/t14-,15-,16-/m1/s1. The van der Waals surface area contributed by atoms with E-state index in [2.05, 4.69) is 59.4 Å². The number of aliphatic hydroxyl groups is 1. The lowest BCUT2D eigenvalue weighted by atomic mass is 10.1. The van der Waals surface area contributed by atoms with Gasteiger partial charge in [0.2, 0.25) is 0 Å². The zero-order chi connectivity index (χ0) is 16.8. The van der Waals surface area contributed by atoms with Crippen molar-refractivity contribution in [1.82, 2.24) is 19.4 Å². The summed E-state index contributed by atoms with van der Waals surface area (Å²) in [6, 6.07) is 9.81. The molecule has 2 aliphatic heterocycles. The summed E-state index contributed by atoms with van der Waals surface area (Å²) in [7, 11) is 0. The van der Waals surface area contributed by atoms with Crippen molar-refractivity contribution in [3.63, 3.8) is 0 Å². The van der Waals surface area contributed by atoms with Crippen molar-refractivity contribution in [2.24, 2.45) is 0 Å². The van der Waals surface area contributed by atoms with E-state index in [0.717, 1.165) is 43.9 Å². The average molecular weight is 328 g/mol. The van der Waals surface area contributed by atoms with Crippen LogP contribution < -0.4 is 0 Å². The summed E-state index contributed by atoms with van der Waals surface area (Å²) in [4.78, 5) is 9.92. The maximum Gasteiger partial charge on any atom is 0.124 e. The number of imidazole rings is 1. The van der Waals surface area contributed by atoms with Gasteiger partial charge in [0.25, 0.3) is 0 Å². The molecule has 2 aromatic rings. The van der Waals surface area contributed by atoms with Crippen molar-refractivity contribution in [3.05, 3.63) is 30.1 Å². The highest BCUT2D eigenvalue weighted by molar-refractivity contribution is 5.76. The van der Waals surface area contributed by atoms with E-state index in [0.29, 0.717) is 18.1 Å². The topological polar surface area (TPSA) is 44.5 Å². The Morgan fingerprint density at radius 1 is 1.21 bits per heavy atom. The van der Waals surface area contributed by atoms with E-state index in [4.69, 9.17) is 4.98 Å². The molecule has 24 heavy (non-hydrogen) atoms. The summed E-state index contributed by atoms with van der Waals surface area (Å²) in [6.07, 6.45) is 0.756. The number of aliphatic hydroxyl groups excluding tert-OH is 1. The molecule has 2 fully saturated rings. The van der Waals surface area contributed by atoms with Crippen molar-refractivity contribution < 1.29 is 5.11 Å². The second-order valence-corrected chi connectivity index (χ2v) is 7.76. The largest absolute Gasteiger partial charge is 0.392 e. The van der Waals surface area contributed by atoms with Crippen LogP contribution in [0.5, 0.6) is 0 Å². The van der Waals surface area contributed by atoms with Crippen LogP contribution in [0.1, 0.15) is 39.1 Å². The first-order valence-electron chi connectivity index (χ1n) is 9.15. The summed E-state index contributed by atoms with van der Waals surface area (Å²) in [5, 5.41) is 9.96. The SMILES string of the molecule is CC(C)n1c(CN2C[C@H]3C[C@@H](O)CN3C[C@H]2C)nc2ccccc21. The lowest BCUT2D eigenvalue weighted by Gasteiger charge is -2.42. The zero-order valence-electron chi connectivity index (χ0n) is 14.9. The number of rotatable bonds is 3. The van der Waals surface area contributed by atoms with Gasteiger partial charge in [-0.2, -0.15) is 0 Å². The Labute approximate surface area is 143 Å². The van der Waals surface area contributed by atoms with Gasteiger partial charge in [0.1, 0.15) is 5.82 Å². The second kappa shape index (κ2) is 6.14. The third-order valence-corrected chi connectivity index (χ3v) is 5.60. The first-order chi connectivity index (χ1) is 11.5. The molecule has 3 heterocycles. The maximum absolute atomic E-state index is 9.96. The summed E-state index contributed by atoms with van der Waals surface area (Å²) >= 11 is 0. The maximum atomic E-state index is 9.96. The summed E-state index contributed by atoms with van der Waals surface area (Å²) < 4.78 is 2.37. The fourth-order valence-corrected chi connectivity index (χ4v) is 4.46. The molecule has 0 radical (unpaired) electrons. The van der Waals surface area contributed by atoms with Gasteiger partial charge in [-0.3, -0.25) is 9.80 Å². The van der Waals surface area contributed by atoms with Crippen LogP contribution in [0.25, 0.3) is 11.0 Å². The van der Waals surface area contributed by atoms with Gasteiger partial charge in [-0.05, 0) is 39.3 Å². The lowest BCUT2D eigenvalue weighted by Crippen LogP contribution is -2.54. The van der Waals surface area contributed by atoms with Crippen LogP contribution in [0, 0.1) is 0 Å². The number of para-hydroxylation sites is 2. The van der Waals surface area contributed by atoms with Crippen LogP contribution >= 0.6 is 0 Å². The monoisotopic (exact) mass is 328 g/mol. The van der Waals surface area contributed by atoms with E-state index in [1.165, 1.54) is 5.52 Å². The summed E-state index contributed by atoms with van der Waals surface area (Å²) in [5.41, 5.74) is 2.31. The fourth-order valence-electron chi connectivity index (χ4n) is 4.46. The van der Waals surface area contributed by atoms with Crippen molar-refractivity contribution in [3.8, 4) is 0 Å². The molecule has 0 bridgehead atoms. The molecule has 0 aliphatic carbocycles. The number of nitrogens with zero attached hydrogens (tertiary/aromatic N) is 4. The molecule has 2 aliphatic rings. The van der Waals surface area contributed by atoms with Crippen LogP contribution in [0.15, 0.2) is 24.3 Å². The predicted octanol–water partition coefficient (Wildman–Crippen LogP) is 2.26. The van der Waals surface area contributed by atoms with Crippen LogP contribution in [-0.2, 0) is 6.54 Å². The molecule has 4 rings (SSSR count). The first kappa shape index (κ1) is 16.1. The van der Waals surface area contributed by atoms with E-state index in [1.807, 2.05) is 0 Å². The van der Waals surface area contributed by atoms with Gasteiger partial charge in [0.05, 0.1) is 23.7 Å². The Kier molecular flexibility index (Phi) is 4.11. The van der Waals surface area contributed by atoms with Gasteiger partial charge in [-0.25, -0.2) is 4.98 Å². The molecule has 5 nitrogen and oxygen atoms in total. The van der Waals surface area contributed by atoms with Gasteiger partial charge in [-0.15, -0.1) is 0 Å². The number of fused-ring (bicyclic) bond motifs is 2. The number of hydrogen-bond acceptors (Lipinski definition) is 4. The Morgan fingerprint density at radius 2 is 2.00 bits per heavy atom. The van der Waals surface area contributed by atoms with Crippen molar-refractivity contribution in [1.29, 1.82) is 0 Å². The fraction of sp³-hybridized carbons (Fsp3) is 0.632. The highest BCUT2D eigenvalue weighted by atomic mass is 16.3. The lowest BCUT2D eigenvalue weighted by molar-refractivity contribution is 0.0503. The van der Waals surface area contributed by atoms with Crippen molar-refractivity contribution in [2.45, 2.75) is 58.0 Å². The molecule has 0 amide bonds. The number of hydrogen-bond donors (Lipinski definition) is 1. The highest BCUT2D eigenvalue weighted by Crippen LogP contribution is 2.28. The Bertz CT molecular complexity index is 725. The Hall–Kier alpha value is -1.43. The third-order valence-electron chi connectivity index (χ3n) is 5.60. The molecule has 1 aromatic heterocycles. The third kappa shape index (κ3) is 2.75. The minimum absolute atomic E-state index is 0.151. The van der Waals surface area contributed by atoms with E-state index in [9.17, 15) is 5.11 Å². The smallest absolute Gasteiger partial charge is 0.124 e. The minimum Gasteiger partial charge on any atom is -0.392 e. The van der Waals surface area contributed by atoms with Gasteiger partial charge in [0.15, 0.2) is 0 Å². The molecular formula is C19H28N4O. The number of piperazine rings is 1. The van der Waals surface area contributed by atoms with E-state index in [1.54, 1.807) is 0 Å². The normalized spacial score (nSPS) is 28.8. The Morgan fingerprint density at radius 3 is 2.79 bits per heavy atom. The quantitative estimate of drug-likeness (QED) is 0.939. The van der Waals surface area contributed by atoms with Gasteiger partial charge in [0, 0.05) is 37.8 Å². The van der Waals surface area contributed by atoms with Crippen molar-refractivity contribution in [2.75, 3.05) is 19.6 Å². The predicted molar refractivity (Wildman–Crippen MR) is 96.0 cm³/mol. The summed E-state index contributed by atoms with van der Waals surface area (Å²) in [6.45, 7) is 10.5.